The van der Waals surface area contributed by atoms with Crippen LogP contribution in [0.3, 0.4) is 0 Å². The number of para-hydroxylation sites is 1. The van der Waals surface area contributed by atoms with Crippen molar-refractivity contribution in [3.8, 4) is 11.5 Å². The predicted molar refractivity (Wildman–Crippen MR) is 107 cm³/mol. The van der Waals surface area contributed by atoms with Crippen LogP contribution >= 0.6 is 0 Å². The molecule has 2 heterocycles. The zero-order valence-electron chi connectivity index (χ0n) is 15.8. The fraction of sp³-hybridized carbons (Fsp3) is 0.0455. The van der Waals surface area contributed by atoms with Gasteiger partial charge in [0.2, 0.25) is 5.76 Å². The Bertz CT molecular complexity index is 1140. The van der Waals surface area contributed by atoms with E-state index in [1.807, 2.05) is 6.07 Å². The molecule has 1 N–H and O–H groups in total. The molecule has 0 atom stereocenters. The maximum atomic E-state index is 12.7. The lowest BCUT2D eigenvalue weighted by Gasteiger charge is -2.13. The number of carbonyl (C=O) groups excluding carboxylic acids is 3. The molecule has 1 aromatic heterocycles. The van der Waals surface area contributed by atoms with E-state index in [0.717, 1.165) is 0 Å². The third-order valence-electron chi connectivity index (χ3n) is 4.33. The van der Waals surface area contributed by atoms with Gasteiger partial charge in [0.25, 0.3) is 11.8 Å². The van der Waals surface area contributed by atoms with Gasteiger partial charge in [-0.1, -0.05) is 24.3 Å². The number of hydrogen-bond donors (Lipinski definition) is 1. The normalized spacial score (nSPS) is 14.7. The molecule has 0 bridgehead atoms. The Morgan fingerprint density at radius 1 is 1.03 bits per heavy atom. The molecule has 2 aromatic carbocycles. The summed E-state index contributed by atoms with van der Waals surface area (Å²) in [6, 6.07) is 16.5. The minimum atomic E-state index is -0.673. The van der Waals surface area contributed by atoms with Crippen LogP contribution in [0.15, 0.2) is 76.9 Å². The van der Waals surface area contributed by atoms with Crippen LogP contribution in [0.2, 0.25) is 0 Å². The van der Waals surface area contributed by atoms with Crippen LogP contribution in [0.4, 0.5) is 5.69 Å². The Labute approximate surface area is 171 Å². The number of esters is 1. The first kappa shape index (κ1) is 19.0. The summed E-state index contributed by atoms with van der Waals surface area (Å²) in [5.41, 5.74) is 3.59. The fourth-order valence-corrected chi connectivity index (χ4v) is 2.89. The van der Waals surface area contributed by atoms with Gasteiger partial charge in [-0.15, -0.1) is 0 Å². The second kappa shape index (κ2) is 7.96. The Morgan fingerprint density at radius 3 is 2.53 bits per heavy atom. The molecular weight excluding hydrogens is 388 g/mol. The zero-order chi connectivity index (χ0) is 21.1. The minimum Gasteiger partial charge on any atom is -0.493 e. The van der Waals surface area contributed by atoms with Crippen molar-refractivity contribution in [3.63, 3.8) is 0 Å². The molecule has 0 aliphatic carbocycles. The zero-order valence-corrected chi connectivity index (χ0v) is 15.8. The molecule has 8 nitrogen and oxygen atoms in total. The molecule has 4 rings (SSSR count). The van der Waals surface area contributed by atoms with Crippen LogP contribution in [0.5, 0.6) is 11.5 Å². The molecule has 0 radical (unpaired) electrons. The van der Waals surface area contributed by atoms with Gasteiger partial charge >= 0.3 is 5.97 Å². The molecule has 0 saturated carbocycles. The standard InChI is InChI=1S/C22H16N2O6/c1-28-19-13-14(9-10-17(19)30-22(27)18-8-5-11-29-18)12-16-20(25)23-24(21(16)26)15-6-3-2-4-7-15/h2-13H,1H3,(H,23,25)/b16-12+. The number of methoxy groups -OCH3 is 1. The average molecular weight is 404 g/mol. The van der Waals surface area contributed by atoms with Crippen LogP contribution in [-0.2, 0) is 9.59 Å². The maximum absolute atomic E-state index is 12.7. The summed E-state index contributed by atoms with van der Waals surface area (Å²) in [6.07, 6.45) is 2.81. The Kier molecular flexibility index (Phi) is 5.04. The number of carbonyl (C=O) groups is 3. The van der Waals surface area contributed by atoms with E-state index < -0.39 is 17.8 Å². The van der Waals surface area contributed by atoms with Gasteiger partial charge in [0.15, 0.2) is 11.5 Å². The van der Waals surface area contributed by atoms with Crippen molar-refractivity contribution in [3.05, 3.63) is 83.8 Å². The average Bonchev–Trinajstić information content (AvgIpc) is 3.40. The number of ether oxygens (including phenoxy) is 2. The van der Waals surface area contributed by atoms with Crippen molar-refractivity contribution in [2.75, 3.05) is 12.1 Å². The van der Waals surface area contributed by atoms with Crippen molar-refractivity contribution in [2.24, 2.45) is 0 Å². The lowest BCUT2D eigenvalue weighted by atomic mass is 10.1. The van der Waals surface area contributed by atoms with Crippen molar-refractivity contribution in [1.82, 2.24) is 5.43 Å². The summed E-state index contributed by atoms with van der Waals surface area (Å²) in [5, 5.41) is 1.19. The number of nitrogens with zero attached hydrogens (tertiary/aromatic N) is 1. The van der Waals surface area contributed by atoms with Crippen LogP contribution in [0, 0.1) is 0 Å². The summed E-state index contributed by atoms with van der Waals surface area (Å²) in [5.74, 6) is -1.18. The largest absolute Gasteiger partial charge is 0.493 e. The van der Waals surface area contributed by atoms with E-state index in [0.29, 0.717) is 11.3 Å². The van der Waals surface area contributed by atoms with Crippen molar-refractivity contribution in [1.29, 1.82) is 0 Å². The summed E-state index contributed by atoms with van der Waals surface area (Å²) in [7, 11) is 1.42. The highest BCUT2D eigenvalue weighted by Crippen LogP contribution is 2.30. The van der Waals surface area contributed by atoms with E-state index in [2.05, 4.69) is 5.43 Å². The highest BCUT2D eigenvalue weighted by Gasteiger charge is 2.34. The number of anilines is 1. The number of amides is 2. The summed E-state index contributed by atoms with van der Waals surface area (Å²) in [4.78, 5) is 37.1. The van der Waals surface area contributed by atoms with E-state index in [1.165, 1.54) is 36.6 Å². The second-order valence-electron chi connectivity index (χ2n) is 6.25. The highest BCUT2D eigenvalue weighted by atomic mass is 16.6. The van der Waals surface area contributed by atoms with Gasteiger partial charge in [0.05, 0.1) is 19.1 Å². The van der Waals surface area contributed by atoms with Gasteiger partial charge in [-0.05, 0) is 48.0 Å². The molecule has 150 valence electrons. The van der Waals surface area contributed by atoms with Crippen molar-refractivity contribution >= 4 is 29.5 Å². The first-order valence-corrected chi connectivity index (χ1v) is 8.93. The number of benzene rings is 2. The minimum absolute atomic E-state index is 0.0266. The van der Waals surface area contributed by atoms with Crippen LogP contribution in [0.25, 0.3) is 6.08 Å². The van der Waals surface area contributed by atoms with Gasteiger partial charge < -0.3 is 13.9 Å². The lowest BCUT2D eigenvalue weighted by Crippen LogP contribution is -2.35. The summed E-state index contributed by atoms with van der Waals surface area (Å²) >= 11 is 0. The first-order chi connectivity index (χ1) is 14.6. The number of hydrazine groups is 1. The molecular formula is C22H16N2O6. The van der Waals surface area contributed by atoms with E-state index in [4.69, 9.17) is 13.9 Å². The van der Waals surface area contributed by atoms with Crippen molar-refractivity contribution in [2.45, 2.75) is 0 Å². The van der Waals surface area contributed by atoms with Crippen molar-refractivity contribution < 1.29 is 28.3 Å². The monoisotopic (exact) mass is 404 g/mol. The van der Waals surface area contributed by atoms with Gasteiger partial charge in [-0.2, -0.15) is 0 Å². The summed E-state index contributed by atoms with van der Waals surface area (Å²) in [6.45, 7) is 0. The first-order valence-electron chi connectivity index (χ1n) is 8.93. The fourth-order valence-electron chi connectivity index (χ4n) is 2.89. The molecule has 1 fully saturated rings. The molecule has 1 aliphatic rings. The van der Waals surface area contributed by atoms with Gasteiger partial charge in [-0.25, -0.2) is 9.80 Å². The SMILES string of the molecule is COc1cc(/C=C2\C(=O)NN(c3ccccc3)C2=O)ccc1OC(=O)c1ccco1. The third kappa shape index (κ3) is 3.66. The summed E-state index contributed by atoms with van der Waals surface area (Å²) < 4.78 is 15.6. The Balaban J connectivity index is 1.58. The number of furan rings is 1. The van der Waals surface area contributed by atoms with Crippen LogP contribution in [0.1, 0.15) is 16.1 Å². The predicted octanol–water partition coefficient (Wildman–Crippen LogP) is 2.97. The van der Waals surface area contributed by atoms with Crippen LogP contribution < -0.4 is 19.9 Å². The molecule has 30 heavy (non-hydrogen) atoms. The maximum Gasteiger partial charge on any atom is 0.379 e. The topological polar surface area (TPSA) is 98.1 Å². The molecule has 0 unspecified atom stereocenters. The number of nitrogens with one attached hydrogen (secondary N) is 1. The molecule has 3 aromatic rings. The van der Waals surface area contributed by atoms with Gasteiger partial charge in [0, 0.05) is 0 Å². The number of rotatable bonds is 5. The lowest BCUT2D eigenvalue weighted by molar-refractivity contribution is -0.117. The van der Waals surface area contributed by atoms with Crippen LogP contribution in [-0.4, -0.2) is 24.9 Å². The van der Waals surface area contributed by atoms with E-state index in [-0.39, 0.29) is 22.8 Å². The Hall–Kier alpha value is -4.33. The molecule has 1 aliphatic heterocycles. The Morgan fingerprint density at radius 2 is 1.83 bits per heavy atom. The molecule has 1 saturated heterocycles. The third-order valence-corrected chi connectivity index (χ3v) is 4.33. The second-order valence-corrected chi connectivity index (χ2v) is 6.25. The van der Waals surface area contributed by atoms with E-state index in [1.54, 1.807) is 42.5 Å². The molecule has 2 amide bonds. The van der Waals surface area contributed by atoms with Gasteiger partial charge in [0.1, 0.15) is 5.57 Å². The van der Waals surface area contributed by atoms with E-state index in [9.17, 15) is 14.4 Å². The van der Waals surface area contributed by atoms with Gasteiger partial charge in [-0.3, -0.25) is 15.0 Å². The molecule has 0 spiro atoms. The number of hydrogen-bond acceptors (Lipinski definition) is 6. The smallest absolute Gasteiger partial charge is 0.379 e. The highest BCUT2D eigenvalue weighted by molar-refractivity contribution is 6.31. The quantitative estimate of drug-likeness (QED) is 0.304. The molecule has 8 heteroatoms. The van der Waals surface area contributed by atoms with E-state index >= 15 is 0 Å².